The molecule has 1 aromatic carbocycles. The van der Waals surface area contributed by atoms with Gasteiger partial charge in [-0.2, -0.15) is 0 Å². The van der Waals surface area contributed by atoms with E-state index >= 15 is 0 Å². The van der Waals surface area contributed by atoms with Gasteiger partial charge in [0.2, 0.25) is 0 Å². The molecule has 2 rings (SSSR count). The first-order valence-electron chi connectivity index (χ1n) is 6.86. The summed E-state index contributed by atoms with van der Waals surface area (Å²) in [5.74, 6) is -0.820. The van der Waals surface area contributed by atoms with E-state index in [-0.39, 0.29) is 23.8 Å². The first-order chi connectivity index (χ1) is 9.93. The summed E-state index contributed by atoms with van der Waals surface area (Å²) in [6.45, 7) is 5.10. The van der Waals surface area contributed by atoms with E-state index in [4.69, 9.17) is 4.74 Å². The average molecular weight is 286 g/mol. The molecular weight excluding hydrogens is 268 g/mol. The second-order valence-corrected chi connectivity index (χ2v) is 5.33. The van der Waals surface area contributed by atoms with Crippen LogP contribution in [0.15, 0.2) is 30.4 Å². The molecule has 0 bridgehead atoms. The highest BCUT2D eigenvalue weighted by Gasteiger charge is 2.33. The average Bonchev–Trinajstić information content (AvgIpc) is 2.46. The van der Waals surface area contributed by atoms with Gasteiger partial charge in [-0.25, -0.2) is 0 Å². The number of methoxy groups -OCH3 is 1. The van der Waals surface area contributed by atoms with E-state index in [0.29, 0.717) is 29.7 Å². The SMILES string of the molecule is C=C(C)C(=O)CC(=O)C1CCc2cc(OC)ccc2C1=O. The predicted molar refractivity (Wildman–Crippen MR) is 78.6 cm³/mol. The number of benzene rings is 1. The fourth-order valence-electron chi connectivity index (χ4n) is 2.50. The van der Waals surface area contributed by atoms with Gasteiger partial charge in [0.1, 0.15) is 5.75 Å². The van der Waals surface area contributed by atoms with E-state index in [2.05, 4.69) is 6.58 Å². The molecule has 0 spiro atoms. The molecule has 1 atom stereocenters. The van der Waals surface area contributed by atoms with E-state index in [0.717, 1.165) is 5.56 Å². The molecule has 110 valence electrons. The van der Waals surface area contributed by atoms with Gasteiger partial charge in [0, 0.05) is 5.56 Å². The lowest BCUT2D eigenvalue weighted by Gasteiger charge is -2.22. The van der Waals surface area contributed by atoms with Crippen LogP contribution in [0, 0.1) is 5.92 Å². The standard InChI is InChI=1S/C17H18O4/c1-10(2)15(18)9-16(19)14-6-4-11-8-12(21-3)5-7-13(11)17(14)20/h5,7-8,14H,1,4,6,9H2,2-3H3. The third-order valence-corrected chi connectivity index (χ3v) is 3.80. The van der Waals surface area contributed by atoms with Crippen LogP contribution >= 0.6 is 0 Å². The largest absolute Gasteiger partial charge is 0.497 e. The van der Waals surface area contributed by atoms with Crippen molar-refractivity contribution in [3.63, 3.8) is 0 Å². The minimum atomic E-state index is -0.714. The number of ketones is 3. The van der Waals surface area contributed by atoms with Gasteiger partial charge in [0.15, 0.2) is 17.3 Å². The molecule has 0 aliphatic heterocycles. The Morgan fingerprint density at radius 2 is 2.10 bits per heavy atom. The summed E-state index contributed by atoms with van der Waals surface area (Å²) in [6, 6.07) is 5.23. The van der Waals surface area contributed by atoms with Crippen molar-refractivity contribution in [1.29, 1.82) is 0 Å². The molecule has 0 saturated carbocycles. The van der Waals surface area contributed by atoms with Crippen LogP contribution in [-0.4, -0.2) is 24.5 Å². The molecular formula is C17H18O4. The predicted octanol–water partition coefficient (Wildman–Crippen LogP) is 2.54. The van der Waals surface area contributed by atoms with E-state index < -0.39 is 5.92 Å². The summed E-state index contributed by atoms with van der Waals surface area (Å²) in [7, 11) is 1.57. The number of ether oxygens (including phenoxy) is 1. The number of hydrogen-bond acceptors (Lipinski definition) is 4. The molecule has 1 aliphatic rings. The molecule has 4 heteroatoms. The van der Waals surface area contributed by atoms with Crippen molar-refractivity contribution in [3.8, 4) is 5.75 Å². The van der Waals surface area contributed by atoms with Crippen LogP contribution in [0.2, 0.25) is 0 Å². The third-order valence-electron chi connectivity index (χ3n) is 3.80. The molecule has 0 heterocycles. The quantitative estimate of drug-likeness (QED) is 0.616. The second-order valence-electron chi connectivity index (χ2n) is 5.33. The third kappa shape index (κ3) is 3.10. The number of carbonyl (C=O) groups excluding carboxylic acids is 3. The van der Waals surface area contributed by atoms with Crippen molar-refractivity contribution in [2.24, 2.45) is 5.92 Å². The van der Waals surface area contributed by atoms with Crippen LogP contribution in [0.1, 0.15) is 35.7 Å². The lowest BCUT2D eigenvalue weighted by molar-refractivity contribution is -0.126. The molecule has 1 unspecified atom stereocenters. The molecule has 0 saturated heterocycles. The summed E-state index contributed by atoms with van der Waals surface area (Å²) in [5, 5.41) is 0. The monoisotopic (exact) mass is 286 g/mol. The van der Waals surface area contributed by atoms with E-state index in [1.165, 1.54) is 0 Å². The van der Waals surface area contributed by atoms with Gasteiger partial charge in [-0.15, -0.1) is 0 Å². The van der Waals surface area contributed by atoms with E-state index in [1.807, 2.05) is 6.07 Å². The van der Waals surface area contributed by atoms with Crippen molar-refractivity contribution < 1.29 is 19.1 Å². The molecule has 0 amide bonds. The van der Waals surface area contributed by atoms with Crippen molar-refractivity contribution in [2.75, 3.05) is 7.11 Å². The summed E-state index contributed by atoms with van der Waals surface area (Å²) >= 11 is 0. The van der Waals surface area contributed by atoms with Crippen LogP contribution in [-0.2, 0) is 16.0 Å². The summed E-state index contributed by atoms with van der Waals surface area (Å²) in [4.78, 5) is 36.1. The number of Topliss-reactive ketones (excluding diaryl/α,β-unsaturated/α-hetero) is 3. The topological polar surface area (TPSA) is 60.4 Å². The Labute approximate surface area is 123 Å². The Balaban J connectivity index is 2.19. The zero-order chi connectivity index (χ0) is 15.6. The molecule has 0 fully saturated rings. The zero-order valence-electron chi connectivity index (χ0n) is 12.3. The minimum Gasteiger partial charge on any atom is -0.497 e. The molecule has 0 radical (unpaired) electrons. The van der Waals surface area contributed by atoms with Crippen LogP contribution in [0.3, 0.4) is 0 Å². The molecule has 21 heavy (non-hydrogen) atoms. The maximum absolute atomic E-state index is 12.4. The Morgan fingerprint density at radius 3 is 2.71 bits per heavy atom. The first kappa shape index (κ1) is 15.2. The van der Waals surface area contributed by atoms with Crippen molar-refractivity contribution in [1.82, 2.24) is 0 Å². The maximum Gasteiger partial charge on any atom is 0.173 e. The van der Waals surface area contributed by atoms with Crippen LogP contribution < -0.4 is 4.74 Å². The fraction of sp³-hybridized carbons (Fsp3) is 0.353. The second kappa shape index (κ2) is 6.04. The van der Waals surface area contributed by atoms with Crippen molar-refractivity contribution in [2.45, 2.75) is 26.2 Å². The molecule has 0 N–H and O–H groups in total. The minimum absolute atomic E-state index is 0.196. The van der Waals surface area contributed by atoms with Gasteiger partial charge in [0.05, 0.1) is 19.4 Å². The number of aryl methyl sites for hydroxylation is 1. The van der Waals surface area contributed by atoms with Gasteiger partial charge >= 0.3 is 0 Å². The highest BCUT2D eigenvalue weighted by molar-refractivity contribution is 6.17. The smallest absolute Gasteiger partial charge is 0.173 e. The van der Waals surface area contributed by atoms with E-state index in [1.54, 1.807) is 26.2 Å². The lowest BCUT2D eigenvalue weighted by atomic mass is 9.79. The van der Waals surface area contributed by atoms with Gasteiger partial charge in [-0.3, -0.25) is 14.4 Å². The van der Waals surface area contributed by atoms with Crippen LogP contribution in [0.25, 0.3) is 0 Å². The molecule has 4 nitrogen and oxygen atoms in total. The highest BCUT2D eigenvalue weighted by atomic mass is 16.5. The summed E-state index contributed by atoms with van der Waals surface area (Å²) in [5.41, 5.74) is 1.80. The van der Waals surface area contributed by atoms with E-state index in [9.17, 15) is 14.4 Å². The molecule has 1 aromatic rings. The molecule has 1 aliphatic carbocycles. The first-order valence-corrected chi connectivity index (χ1v) is 6.86. The summed E-state index contributed by atoms with van der Waals surface area (Å²) < 4.78 is 5.14. The maximum atomic E-state index is 12.4. The van der Waals surface area contributed by atoms with Gasteiger partial charge in [0.25, 0.3) is 0 Å². The number of fused-ring (bicyclic) bond motifs is 1. The Kier molecular flexibility index (Phi) is 4.36. The number of rotatable bonds is 5. The fourth-order valence-corrected chi connectivity index (χ4v) is 2.50. The van der Waals surface area contributed by atoms with Gasteiger partial charge in [-0.05, 0) is 49.1 Å². The summed E-state index contributed by atoms with van der Waals surface area (Å²) in [6.07, 6.45) is 0.842. The van der Waals surface area contributed by atoms with Gasteiger partial charge < -0.3 is 4.74 Å². The number of carbonyl (C=O) groups is 3. The molecule has 0 aromatic heterocycles. The highest BCUT2D eigenvalue weighted by Crippen LogP contribution is 2.29. The number of allylic oxidation sites excluding steroid dienone is 1. The zero-order valence-corrected chi connectivity index (χ0v) is 12.3. The van der Waals surface area contributed by atoms with Crippen molar-refractivity contribution in [3.05, 3.63) is 41.5 Å². The lowest BCUT2D eigenvalue weighted by Crippen LogP contribution is -2.30. The van der Waals surface area contributed by atoms with Crippen molar-refractivity contribution >= 4 is 17.3 Å². The normalized spacial score (nSPS) is 17.0. The number of hydrogen-bond donors (Lipinski definition) is 0. The Morgan fingerprint density at radius 1 is 1.38 bits per heavy atom. The Hall–Kier alpha value is -2.23. The van der Waals surface area contributed by atoms with Gasteiger partial charge in [-0.1, -0.05) is 6.58 Å². The Bertz CT molecular complexity index is 628. The van der Waals surface area contributed by atoms with Crippen LogP contribution in [0.5, 0.6) is 5.75 Å². The van der Waals surface area contributed by atoms with Crippen LogP contribution in [0.4, 0.5) is 0 Å².